The van der Waals surface area contributed by atoms with E-state index in [1.54, 1.807) is 0 Å². The number of carbonyl (C=O) groups is 3. The van der Waals surface area contributed by atoms with Crippen LogP contribution >= 0.6 is 34.8 Å². The summed E-state index contributed by atoms with van der Waals surface area (Å²) in [7, 11) is 0. The number of fused-ring (bicyclic) bond motifs is 1. The van der Waals surface area contributed by atoms with Crippen LogP contribution in [0.2, 0.25) is 0 Å². The van der Waals surface area contributed by atoms with Gasteiger partial charge in [-0.15, -0.1) is 0 Å². The van der Waals surface area contributed by atoms with E-state index in [1.165, 1.54) is 20.8 Å². The van der Waals surface area contributed by atoms with Crippen molar-refractivity contribution in [2.24, 2.45) is 4.99 Å². The van der Waals surface area contributed by atoms with E-state index in [4.69, 9.17) is 63.2 Å². The highest BCUT2D eigenvalue weighted by molar-refractivity contribution is 6.67. The third kappa shape index (κ3) is 6.54. The SMILES string of the molecule is CC(=O)OC[C@H]1O[C@@H]2OC(OCC(Cl)(Cl)Cl)=N[C@@H]2[C@@H](OC(C)=O)[C@@H]1OC(C)=O. The molecule has 13 heteroatoms. The molecule has 0 radical (unpaired) electrons. The Morgan fingerprint density at radius 3 is 2.18 bits per heavy atom. The molecule has 2 heterocycles. The lowest BCUT2D eigenvalue weighted by Gasteiger charge is -2.40. The quantitative estimate of drug-likeness (QED) is 0.338. The molecule has 1 fully saturated rings. The summed E-state index contributed by atoms with van der Waals surface area (Å²) in [5, 5.41) is 0. The van der Waals surface area contributed by atoms with Crippen LogP contribution in [-0.4, -0.2) is 71.6 Å². The van der Waals surface area contributed by atoms with Crippen molar-refractivity contribution in [3.05, 3.63) is 0 Å². The number of aliphatic imine (C=N–C) groups is 1. The van der Waals surface area contributed by atoms with Crippen molar-refractivity contribution in [3.63, 3.8) is 0 Å². The summed E-state index contributed by atoms with van der Waals surface area (Å²) in [6, 6.07) is -0.924. The molecule has 0 bridgehead atoms. The highest BCUT2D eigenvalue weighted by atomic mass is 35.6. The Hall–Kier alpha value is -1.49. The average Bonchev–Trinajstić information content (AvgIpc) is 2.95. The zero-order valence-corrected chi connectivity index (χ0v) is 17.3. The molecule has 0 unspecified atom stereocenters. The molecule has 0 amide bonds. The molecular weight excluding hydrogens is 445 g/mol. The Balaban J connectivity index is 2.24. The first-order chi connectivity index (χ1) is 13.0. The predicted octanol–water partition coefficient (Wildman–Crippen LogP) is 1.28. The van der Waals surface area contributed by atoms with Gasteiger partial charge in [-0.05, 0) is 0 Å². The fourth-order valence-electron chi connectivity index (χ4n) is 2.59. The molecule has 158 valence electrons. The van der Waals surface area contributed by atoms with Crippen LogP contribution in [-0.2, 0) is 42.8 Å². The lowest BCUT2D eigenvalue weighted by atomic mass is 9.97. The molecule has 1 saturated heterocycles. The first-order valence-electron chi connectivity index (χ1n) is 8.03. The Kier molecular flexibility index (Phi) is 7.60. The van der Waals surface area contributed by atoms with E-state index in [2.05, 4.69) is 4.99 Å². The molecule has 0 aromatic rings. The molecular formula is C15H18Cl3NO9. The van der Waals surface area contributed by atoms with Gasteiger partial charge in [0.2, 0.25) is 10.1 Å². The predicted molar refractivity (Wildman–Crippen MR) is 95.0 cm³/mol. The maximum absolute atomic E-state index is 11.6. The van der Waals surface area contributed by atoms with Crippen LogP contribution < -0.4 is 0 Å². The molecule has 28 heavy (non-hydrogen) atoms. The Labute approximate surface area is 175 Å². The zero-order chi connectivity index (χ0) is 21.1. The van der Waals surface area contributed by atoms with Gasteiger partial charge in [-0.3, -0.25) is 14.4 Å². The van der Waals surface area contributed by atoms with Crippen molar-refractivity contribution >= 4 is 58.8 Å². The second kappa shape index (κ2) is 9.34. The summed E-state index contributed by atoms with van der Waals surface area (Å²) in [4.78, 5) is 38.4. The number of ether oxygens (including phenoxy) is 6. The largest absolute Gasteiger partial charge is 0.463 e. The summed E-state index contributed by atoms with van der Waals surface area (Å²) in [5.41, 5.74) is 0. The topological polar surface area (TPSA) is 119 Å². The molecule has 2 aliphatic heterocycles. The van der Waals surface area contributed by atoms with Gasteiger partial charge >= 0.3 is 24.0 Å². The Morgan fingerprint density at radius 2 is 1.64 bits per heavy atom. The van der Waals surface area contributed by atoms with E-state index in [-0.39, 0.29) is 19.3 Å². The van der Waals surface area contributed by atoms with Gasteiger partial charge < -0.3 is 28.4 Å². The summed E-state index contributed by atoms with van der Waals surface area (Å²) in [6.45, 7) is 2.91. The molecule has 10 nitrogen and oxygen atoms in total. The smallest absolute Gasteiger partial charge is 0.386 e. The van der Waals surface area contributed by atoms with E-state index in [0.717, 1.165) is 0 Å². The molecule has 0 saturated carbocycles. The van der Waals surface area contributed by atoms with Crippen LogP contribution in [0.15, 0.2) is 4.99 Å². The van der Waals surface area contributed by atoms with Gasteiger partial charge in [0.05, 0.1) is 0 Å². The van der Waals surface area contributed by atoms with Gasteiger partial charge in [0.1, 0.15) is 19.3 Å². The summed E-state index contributed by atoms with van der Waals surface area (Å²) >= 11 is 16.9. The number of carbonyl (C=O) groups excluding carboxylic acids is 3. The number of esters is 3. The number of hydrogen-bond donors (Lipinski definition) is 0. The van der Waals surface area contributed by atoms with Crippen LogP contribution in [0.1, 0.15) is 20.8 Å². The normalized spacial score (nSPS) is 29.1. The molecule has 2 rings (SSSR count). The number of hydrogen-bond acceptors (Lipinski definition) is 10. The van der Waals surface area contributed by atoms with Gasteiger partial charge in [0.25, 0.3) is 0 Å². The third-order valence-electron chi connectivity index (χ3n) is 3.50. The first kappa shape index (κ1) is 22.8. The van der Waals surface area contributed by atoms with Gasteiger partial charge in [-0.1, -0.05) is 34.8 Å². The Morgan fingerprint density at radius 1 is 1.04 bits per heavy atom. The maximum Gasteiger partial charge on any atom is 0.386 e. The van der Waals surface area contributed by atoms with Gasteiger partial charge in [0.15, 0.2) is 18.2 Å². The second-order valence-corrected chi connectivity index (χ2v) is 8.42. The van der Waals surface area contributed by atoms with Gasteiger partial charge in [0, 0.05) is 20.8 Å². The number of halogens is 3. The van der Waals surface area contributed by atoms with Crippen LogP contribution in [0.4, 0.5) is 0 Å². The van der Waals surface area contributed by atoms with Crippen LogP contribution in [0.3, 0.4) is 0 Å². The molecule has 0 aromatic carbocycles. The van der Waals surface area contributed by atoms with Crippen molar-refractivity contribution in [3.8, 4) is 0 Å². The molecule has 0 aromatic heterocycles. The lowest BCUT2D eigenvalue weighted by molar-refractivity contribution is -0.250. The number of nitrogens with zero attached hydrogens (tertiary/aromatic N) is 1. The van der Waals surface area contributed by atoms with Crippen molar-refractivity contribution in [1.82, 2.24) is 0 Å². The summed E-state index contributed by atoms with van der Waals surface area (Å²) in [5.74, 6) is -1.89. The van der Waals surface area contributed by atoms with E-state index in [1.807, 2.05) is 0 Å². The minimum Gasteiger partial charge on any atom is -0.463 e. The van der Waals surface area contributed by atoms with Crippen LogP contribution in [0.25, 0.3) is 0 Å². The standard InChI is InChI=1S/C15H18Cl3NO9/c1-6(20)23-4-9-11(25-7(2)21)12(26-8(3)22)10-13(27-9)28-14(19-10)24-5-15(16,17)18/h9-13H,4-5H2,1-3H3/t9-,10-,11-,12-,13-/m1/s1. The van der Waals surface area contributed by atoms with E-state index in [9.17, 15) is 14.4 Å². The highest BCUT2D eigenvalue weighted by Gasteiger charge is 2.54. The van der Waals surface area contributed by atoms with E-state index >= 15 is 0 Å². The summed E-state index contributed by atoms with van der Waals surface area (Å²) in [6.07, 6.45) is -4.51. The fraction of sp³-hybridized carbons (Fsp3) is 0.733. The minimum absolute atomic E-state index is 0.256. The third-order valence-corrected chi connectivity index (χ3v) is 3.83. The number of rotatable bonds is 5. The van der Waals surface area contributed by atoms with Gasteiger partial charge in [-0.2, -0.15) is 0 Å². The summed E-state index contributed by atoms with van der Waals surface area (Å²) < 4.78 is 30.1. The zero-order valence-electron chi connectivity index (χ0n) is 15.1. The molecule has 0 aliphatic carbocycles. The van der Waals surface area contributed by atoms with Crippen molar-refractivity contribution in [2.45, 2.75) is 55.2 Å². The van der Waals surface area contributed by atoms with Crippen LogP contribution in [0.5, 0.6) is 0 Å². The molecule has 5 atom stereocenters. The highest BCUT2D eigenvalue weighted by Crippen LogP contribution is 2.34. The maximum atomic E-state index is 11.6. The second-order valence-electron chi connectivity index (χ2n) is 5.90. The van der Waals surface area contributed by atoms with E-state index in [0.29, 0.717) is 0 Å². The van der Waals surface area contributed by atoms with Crippen molar-refractivity contribution < 1.29 is 42.8 Å². The van der Waals surface area contributed by atoms with Gasteiger partial charge in [-0.25, -0.2) is 4.99 Å². The average molecular weight is 463 g/mol. The Bertz CT molecular complexity index is 651. The fourth-order valence-corrected chi connectivity index (χ4v) is 2.75. The van der Waals surface area contributed by atoms with Crippen molar-refractivity contribution in [1.29, 1.82) is 0 Å². The van der Waals surface area contributed by atoms with Crippen molar-refractivity contribution in [2.75, 3.05) is 13.2 Å². The lowest BCUT2D eigenvalue weighted by Crippen LogP contribution is -2.60. The minimum atomic E-state index is -1.71. The number of alkyl halides is 3. The van der Waals surface area contributed by atoms with E-state index < -0.39 is 52.3 Å². The molecule has 0 N–H and O–H groups in total. The monoisotopic (exact) mass is 461 g/mol. The van der Waals surface area contributed by atoms with Crippen LogP contribution in [0, 0.1) is 0 Å². The molecule has 0 spiro atoms. The molecule has 2 aliphatic rings. The first-order valence-corrected chi connectivity index (χ1v) is 9.17.